The van der Waals surface area contributed by atoms with E-state index in [0.717, 1.165) is 11.1 Å². The molecule has 2 aromatic rings. The molecule has 8 nitrogen and oxygen atoms in total. The van der Waals surface area contributed by atoms with E-state index in [9.17, 15) is 18.0 Å². The van der Waals surface area contributed by atoms with Crippen LogP contribution in [0.15, 0.2) is 53.4 Å². The highest BCUT2D eigenvalue weighted by molar-refractivity contribution is 7.89. The number of esters is 1. The van der Waals surface area contributed by atoms with Crippen LogP contribution in [0.5, 0.6) is 0 Å². The van der Waals surface area contributed by atoms with Crippen molar-refractivity contribution in [1.82, 2.24) is 4.31 Å². The maximum atomic E-state index is 13.0. The van der Waals surface area contributed by atoms with E-state index in [0.29, 0.717) is 25.1 Å². The zero-order valence-electron chi connectivity index (χ0n) is 16.9. The van der Waals surface area contributed by atoms with Crippen LogP contribution in [0, 0.1) is 0 Å². The van der Waals surface area contributed by atoms with E-state index in [1.807, 2.05) is 12.1 Å². The van der Waals surface area contributed by atoms with Gasteiger partial charge in [0, 0.05) is 12.2 Å². The van der Waals surface area contributed by atoms with Gasteiger partial charge in [0.05, 0.1) is 18.0 Å². The molecule has 160 valence electrons. The van der Waals surface area contributed by atoms with Crippen molar-refractivity contribution in [3.63, 3.8) is 0 Å². The topological polar surface area (TPSA) is 119 Å². The number of ether oxygens (including phenoxy) is 1. The molecule has 30 heavy (non-hydrogen) atoms. The maximum Gasteiger partial charge on any atom is 0.324 e. The Balaban J connectivity index is 1.77. The quantitative estimate of drug-likeness (QED) is 0.675. The zero-order chi connectivity index (χ0) is 21.9. The number of methoxy groups -OCH3 is 1. The van der Waals surface area contributed by atoms with Gasteiger partial charge in [-0.3, -0.25) is 9.59 Å². The second-order valence-electron chi connectivity index (χ2n) is 7.18. The van der Waals surface area contributed by atoms with Gasteiger partial charge in [0.25, 0.3) is 0 Å². The Labute approximate surface area is 176 Å². The summed E-state index contributed by atoms with van der Waals surface area (Å²) in [7, 11) is -2.54. The molecule has 0 aliphatic carbocycles. The molecule has 0 bridgehead atoms. The number of hydrogen-bond acceptors (Lipinski definition) is 6. The first kappa shape index (κ1) is 21.9. The second-order valence-corrected chi connectivity index (χ2v) is 9.07. The number of nitrogens with zero attached hydrogens (tertiary/aromatic N) is 1. The normalized spacial score (nSPS) is 18.0. The van der Waals surface area contributed by atoms with Crippen LogP contribution >= 0.6 is 0 Å². The summed E-state index contributed by atoms with van der Waals surface area (Å²) in [4.78, 5) is 23.7. The molecule has 0 saturated carbocycles. The minimum Gasteiger partial charge on any atom is -0.468 e. The Morgan fingerprint density at radius 2 is 1.67 bits per heavy atom. The lowest BCUT2D eigenvalue weighted by atomic mass is 10.1. The van der Waals surface area contributed by atoms with Crippen molar-refractivity contribution in [2.75, 3.05) is 19.0 Å². The van der Waals surface area contributed by atoms with Gasteiger partial charge in [0.2, 0.25) is 15.9 Å². The molecule has 9 heteroatoms. The summed E-state index contributed by atoms with van der Waals surface area (Å²) in [5, 5.41) is 2.71. The number of carbonyl (C=O) groups is 2. The number of rotatable bonds is 6. The van der Waals surface area contributed by atoms with Gasteiger partial charge in [-0.05, 0) is 55.2 Å². The molecule has 1 saturated heterocycles. The van der Waals surface area contributed by atoms with E-state index in [-0.39, 0.29) is 10.8 Å². The van der Waals surface area contributed by atoms with Gasteiger partial charge in [0.15, 0.2) is 0 Å². The number of carbonyl (C=O) groups excluding carboxylic acids is 2. The van der Waals surface area contributed by atoms with Gasteiger partial charge in [-0.15, -0.1) is 0 Å². The van der Waals surface area contributed by atoms with E-state index in [2.05, 4.69) is 5.32 Å². The van der Waals surface area contributed by atoms with Crippen molar-refractivity contribution in [2.24, 2.45) is 5.73 Å². The molecule has 2 aromatic carbocycles. The molecule has 3 N–H and O–H groups in total. The number of sulfonamides is 1. The third kappa shape index (κ3) is 4.53. The van der Waals surface area contributed by atoms with Gasteiger partial charge in [-0.1, -0.05) is 24.3 Å². The average molecular weight is 432 g/mol. The minimum atomic E-state index is -3.80. The molecule has 1 heterocycles. The molecule has 3 rings (SSSR count). The zero-order valence-corrected chi connectivity index (χ0v) is 17.7. The number of nitrogens with two attached hydrogens (primary N) is 1. The summed E-state index contributed by atoms with van der Waals surface area (Å²) in [5.74, 6) is -0.812. The van der Waals surface area contributed by atoms with Crippen molar-refractivity contribution in [1.29, 1.82) is 0 Å². The molecule has 0 radical (unpaired) electrons. The van der Waals surface area contributed by atoms with Crippen LogP contribution in [0.1, 0.15) is 19.8 Å². The number of nitrogens with one attached hydrogen (secondary N) is 1. The number of hydrogen-bond donors (Lipinski definition) is 2. The van der Waals surface area contributed by atoms with Crippen LogP contribution in [0.4, 0.5) is 5.69 Å². The predicted molar refractivity (Wildman–Crippen MR) is 113 cm³/mol. The number of amides is 1. The number of benzene rings is 2. The van der Waals surface area contributed by atoms with Crippen LogP contribution in [0.25, 0.3) is 11.1 Å². The van der Waals surface area contributed by atoms with Crippen LogP contribution in [0.2, 0.25) is 0 Å². The van der Waals surface area contributed by atoms with Crippen molar-refractivity contribution in [3.05, 3.63) is 48.5 Å². The van der Waals surface area contributed by atoms with E-state index in [4.69, 9.17) is 10.5 Å². The van der Waals surface area contributed by atoms with Gasteiger partial charge < -0.3 is 15.8 Å². The molecular formula is C21H25N3O5S. The van der Waals surface area contributed by atoms with E-state index >= 15 is 0 Å². The maximum absolute atomic E-state index is 13.0. The highest BCUT2D eigenvalue weighted by Gasteiger charge is 2.40. The van der Waals surface area contributed by atoms with Crippen LogP contribution < -0.4 is 11.1 Å². The van der Waals surface area contributed by atoms with Gasteiger partial charge in [-0.2, -0.15) is 4.31 Å². The smallest absolute Gasteiger partial charge is 0.324 e. The van der Waals surface area contributed by atoms with E-state index in [1.54, 1.807) is 31.2 Å². The first-order valence-electron chi connectivity index (χ1n) is 9.60. The second kappa shape index (κ2) is 8.95. The summed E-state index contributed by atoms with van der Waals surface area (Å²) in [6.45, 7) is 1.90. The summed E-state index contributed by atoms with van der Waals surface area (Å²) < 4.78 is 31.9. The lowest BCUT2D eigenvalue weighted by Gasteiger charge is -2.22. The van der Waals surface area contributed by atoms with Crippen LogP contribution in [0.3, 0.4) is 0 Å². The highest BCUT2D eigenvalue weighted by Crippen LogP contribution is 2.29. The Morgan fingerprint density at radius 1 is 1.10 bits per heavy atom. The first-order valence-corrected chi connectivity index (χ1v) is 11.0. The van der Waals surface area contributed by atoms with Gasteiger partial charge in [-0.25, -0.2) is 8.42 Å². The summed E-state index contributed by atoms with van der Waals surface area (Å²) in [6, 6.07) is 12.3. The molecular weight excluding hydrogens is 406 g/mol. The van der Waals surface area contributed by atoms with Crippen molar-refractivity contribution in [3.8, 4) is 11.1 Å². The average Bonchev–Trinajstić information content (AvgIpc) is 3.24. The molecule has 0 aromatic heterocycles. The van der Waals surface area contributed by atoms with Crippen LogP contribution in [-0.2, 0) is 24.3 Å². The fraction of sp³-hybridized carbons (Fsp3) is 0.333. The standard InChI is InChI=1S/C21H25N3O5S/c1-14(22)20(25)23-17-9-5-15(6-10-17)16-7-11-18(12-8-16)30(27,28)24-13-3-4-19(24)21(26)29-2/h5-12,14,19H,3-4,13,22H2,1-2H3,(H,23,25)/t14-,19+/m0/s1. The van der Waals surface area contributed by atoms with E-state index in [1.165, 1.54) is 23.5 Å². The Morgan fingerprint density at radius 3 is 2.20 bits per heavy atom. The minimum absolute atomic E-state index is 0.128. The fourth-order valence-corrected chi connectivity index (χ4v) is 5.00. The lowest BCUT2D eigenvalue weighted by Crippen LogP contribution is -2.40. The number of anilines is 1. The largest absolute Gasteiger partial charge is 0.468 e. The molecule has 1 aliphatic rings. The monoisotopic (exact) mass is 431 g/mol. The Hall–Kier alpha value is -2.75. The van der Waals surface area contributed by atoms with Crippen molar-refractivity contribution >= 4 is 27.6 Å². The third-order valence-corrected chi connectivity index (χ3v) is 6.96. The molecule has 1 fully saturated rings. The van der Waals surface area contributed by atoms with Crippen LogP contribution in [-0.4, -0.2) is 50.3 Å². The molecule has 1 aliphatic heterocycles. The van der Waals surface area contributed by atoms with Gasteiger partial charge in [0.1, 0.15) is 6.04 Å². The third-order valence-electron chi connectivity index (χ3n) is 5.04. The predicted octanol–water partition coefficient (Wildman–Crippen LogP) is 1.97. The van der Waals surface area contributed by atoms with Gasteiger partial charge >= 0.3 is 5.97 Å². The molecule has 0 spiro atoms. The summed E-state index contributed by atoms with van der Waals surface area (Å²) >= 11 is 0. The van der Waals surface area contributed by atoms with Crippen molar-refractivity contribution in [2.45, 2.75) is 36.7 Å². The summed E-state index contributed by atoms with van der Waals surface area (Å²) in [6.07, 6.45) is 1.07. The molecule has 2 atom stereocenters. The molecule has 0 unspecified atom stereocenters. The van der Waals surface area contributed by atoms with Crippen molar-refractivity contribution < 1.29 is 22.7 Å². The Bertz CT molecular complexity index is 1020. The fourth-order valence-electron chi connectivity index (χ4n) is 3.36. The SMILES string of the molecule is COC(=O)[C@H]1CCCN1S(=O)(=O)c1ccc(-c2ccc(NC(=O)[C@H](C)N)cc2)cc1. The highest BCUT2D eigenvalue weighted by atomic mass is 32.2. The summed E-state index contributed by atoms with van der Waals surface area (Å²) in [5.41, 5.74) is 7.86. The Kier molecular flexibility index (Phi) is 6.55. The van der Waals surface area contributed by atoms with E-state index < -0.39 is 28.1 Å². The molecule has 1 amide bonds. The lowest BCUT2D eigenvalue weighted by molar-refractivity contribution is -0.144. The first-order chi connectivity index (χ1) is 14.2.